The van der Waals surface area contributed by atoms with Gasteiger partial charge in [-0.2, -0.15) is 0 Å². The number of ketones is 1. The molecule has 0 aromatic heterocycles. The number of carbonyl (C=O) groups is 1. The molecule has 154 valence electrons. The lowest BCUT2D eigenvalue weighted by atomic mass is 9.99. The number of Topliss-reactive ketones (excluding diaryl/α,β-unsaturated/α-hetero) is 1. The molecular weight excluding hydrogens is 392 g/mol. The average molecular weight is 419 g/mol. The molecule has 1 aliphatic rings. The number of hydrogen-bond acceptors (Lipinski definition) is 3. The first-order valence-corrected chi connectivity index (χ1v) is 10.9. The highest BCUT2D eigenvalue weighted by Crippen LogP contribution is 2.36. The van der Waals surface area contributed by atoms with E-state index in [1.165, 1.54) is 5.56 Å². The van der Waals surface area contributed by atoms with Crippen LogP contribution in [0.2, 0.25) is 5.02 Å². The molecule has 0 saturated carbocycles. The molecular formula is C26H27ClN2O. The van der Waals surface area contributed by atoms with Gasteiger partial charge in [-0.3, -0.25) is 9.69 Å². The Hall–Kier alpha value is -2.62. The van der Waals surface area contributed by atoms with E-state index >= 15 is 0 Å². The fourth-order valence-corrected chi connectivity index (χ4v) is 4.48. The Balaban J connectivity index is 1.56. The van der Waals surface area contributed by atoms with Crippen molar-refractivity contribution in [3.05, 3.63) is 101 Å². The fraction of sp³-hybridized carbons (Fsp3) is 0.269. The van der Waals surface area contributed by atoms with E-state index in [1.54, 1.807) is 0 Å². The van der Waals surface area contributed by atoms with Crippen LogP contribution in [0.25, 0.3) is 0 Å². The van der Waals surface area contributed by atoms with Crippen molar-refractivity contribution < 1.29 is 4.79 Å². The summed E-state index contributed by atoms with van der Waals surface area (Å²) in [5.41, 5.74) is 4.24. The van der Waals surface area contributed by atoms with Gasteiger partial charge in [0.2, 0.25) is 0 Å². The molecule has 1 aliphatic heterocycles. The third kappa shape index (κ3) is 4.75. The lowest BCUT2D eigenvalue weighted by Gasteiger charge is -2.27. The number of aryl methyl sites for hydroxylation is 1. The minimum absolute atomic E-state index is 0.168. The van der Waals surface area contributed by atoms with Gasteiger partial charge in [0.15, 0.2) is 5.78 Å². The van der Waals surface area contributed by atoms with Gasteiger partial charge in [-0.05, 0) is 55.6 Å². The number of anilines is 1. The van der Waals surface area contributed by atoms with E-state index in [-0.39, 0.29) is 17.9 Å². The lowest BCUT2D eigenvalue weighted by molar-refractivity contribution is -0.121. The Labute approximate surface area is 183 Å². The number of nitrogens with zero attached hydrogens (tertiary/aromatic N) is 1. The first-order valence-electron chi connectivity index (χ1n) is 10.5. The molecule has 2 unspecified atom stereocenters. The zero-order chi connectivity index (χ0) is 20.9. The second-order valence-corrected chi connectivity index (χ2v) is 8.38. The quantitative estimate of drug-likeness (QED) is 0.495. The van der Waals surface area contributed by atoms with Gasteiger partial charge < -0.3 is 5.32 Å². The molecule has 0 spiro atoms. The molecule has 0 aliphatic carbocycles. The van der Waals surface area contributed by atoms with Crippen LogP contribution in [0.5, 0.6) is 0 Å². The van der Waals surface area contributed by atoms with E-state index in [0.29, 0.717) is 6.54 Å². The summed E-state index contributed by atoms with van der Waals surface area (Å²) in [4.78, 5) is 15.8. The highest BCUT2D eigenvalue weighted by atomic mass is 35.5. The normalized spacial score (nSPS) is 17.6. The molecule has 1 N–H and O–H groups in total. The number of halogens is 1. The smallest absolute Gasteiger partial charge is 0.173 e. The monoisotopic (exact) mass is 418 g/mol. The largest absolute Gasteiger partial charge is 0.372 e. The number of carbonyl (C=O) groups excluding carboxylic acids is 1. The van der Waals surface area contributed by atoms with E-state index < -0.39 is 0 Å². The van der Waals surface area contributed by atoms with Crippen LogP contribution in [-0.2, 0) is 4.79 Å². The Bertz CT molecular complexity index is 987. The van der Waals surface area contributed by atoms with Crippen molar-refractivity contribution in [2.24, 2.45) is 0 Å². The Kier molecular flexibility index (Phi) is 6.51. The summed E-state index contributed by atoms with van der Waals surface area (Å²) in [6.45, 7) is 3.37. The molecule has 2 atom stereocenters. The summed E-state index contributed by atoms with van der Waals surface area (Å²) >= 11 is 6.46. The molecule has 4 rings (SSSR count). The molecule has 3 aromatic rings. The molecule has 3 aromatic carbocycles. The van der Waals surface area contributed by atoms with E-state index in [1.807, 2.05) is 60.7 Å². The third-order valence-electron chi connectivity index (χ3n) is 5.80. The number of para-hydroxylation sites is 1. The van der Waals surface area contributed by atoms with Crippen molar-refractivity contribution in [2.45, 2.75) is 31.8 Å². The number of rotatable bonds is 7. The summed E-state index contributed by atoms with van der Waals surface area (Å²) in [5.74, 6) is 0.168. The van der Waals surface area contributed by atoms with Crippen molar-refractivity contribution in [1.29, 1.82) is 0 Å². The van der Waals surface area contributed by atoms with Gasteiger partial charge >= 0.3 is 0 Å². The summed E-state index contributed by atoms with van der Waals surface area (Å²) in [5, 5.41) is 4.23. The maximum Gasteiger partial charge on any atom is 0.173 e. The molecule has 0 amide bonds. The fourth-order valence-electron chi connectivity index (χ4n) is 4.21. The van der Waals surface area contributed by atoms with E-state index in [9.17, 15) is 4.79 Å². The molecule has 0 radical (unpaired) electrons. The Morgan fingerprint density at radius 2 is 1.73 bits per heavy atom. The van der Waals surface area contributed by atoms with Crippen molar-refractivity contribution >= 4 is 23.1 Å². The van der Waals surface area contributed by atoms with Crippen LogP contribution in [0.3, 0.4) is 0 Å². The summed E-state index contributed by atoms with van der Waals surface area (Å²) in [6.07, 6.45) is 2.10. The van der Waals surface area contributed by atoms with Crippen molar-refractivity contribution in [3.63, 3.8) is 0 Å². The van der Waals surface area contributed by atoms with Gasteiger partial charge in [0, 0.05) is 16.8 Å². The number of hydrogen-bond donors (Lipinski definition) is 1. The zero-order valence-corrected chi connectivity index (χ0v) is 18.0. The first-order chi connectivity index (χ1) is 14.6. The van der Waals surface area contributed by atoms with Crippen molar-refractivity contribution in [3.8, 4) is 0 Å². The molecule has 4 heteroatoms. The lowest BCUT2D eigenvalue weighted by Crippen LogP contribution is -2.34. The van der Waals surface area contributed by atoms with Gasteiger partial charge in [0.05, 0.1) is 6.54 Å². The molecule has 1 fully saturated rings. The molecule has 1 heterocycles. The van der Waals surface area contributed by atoms with Crippen molar-refractivity contribution in [1.82, 2.24) is 4.90 Å². The summed E-state index contributed by atoms with van der Waals surface area (Å²) in [6, 6.07) is 25.9. The molecule has 3 nitrogen and oxygen atoms in total. The van der Waals surface area contributed by atoms with E-state index in [2.05, 4.69) is 35.3 Å². The second kappa shape index (κ2) is 9.46. The van der Waals surface area contributed by atoms with Crippen LogP contribution in [0.15, 0.2) is 78.9 Å². The van der Waals surface area contributed by atoms with Crippen LogP contribution >= 0.6 is 11.6 Å². The second-order valence-electron chi connectivity index (χ2n) is 7.97. The van der Waals surface area contributed by atoms with Gasteiger partial charge in [-0.25, -0.2) is 0 Å². The van der Waals surface area contributed by atoms with Gasteiger partial charge in [0.1, 0.15) is 6.04 Å². The van der Waals surface area contributed by atoms with Gasteiger partial charge in [-0.1, -0.05) is 77.8 Å². The predicted molar refractivity (Wildman–Crippen MR) is 124 cm³/mol. The first kappa shape index (κ1) is 20.6. The predicted octanol–water partition coefficient (Wildman–Crippen LogP) is 6.21. The number of benzene rings is 3. The summed E-state index contributed by atoms with van der Waals surface area (Å²) in [7, 11) is 0. The minimum atomic E-state index is -0.388. The standard InChI is InChI=1S/C26H27ClN2O/c1-19-13-15-20(16-14-19)26(28-21-8-3-2-4-9-21)25(30)18-29-17-7-12-24(29)22-10-5-6-11-23(22)27/h2-6,8-11,13-16,24,26,28H,7,12,17-18H2,1H3. The molecule has 30 heavy (non-hydrogen) atoms. The highest BCUT2D eigenvalue weighted by molar-refractivity contribution is 6.31. The number of nitrogens with one attached hydrogen (secondary N) is 1. The SMILES string of the molecule is Cc1ccc(C(Nc2ccccc2)C(=O)CN2CCCC2c2ccccc2Cl)cc1. The third-order valence-corrected chi connectivity index (χ3v) is 6.15. The van der Waals surface area contributed by atoms with Crippen LogP contribution in [0.4, 0.5) is 5.69 Å². The average Bonchev–Trinajstić information content (AvgIpc) is 3.21. The van der Waals surface area contributed by atoms with Crippen LogP contribution in [-0.4, -0.2) is 23.8 Å². The van der Waals surface area contributed by atoms with Crippen molar-refractivity contribution in [2.75, 3.05) is 18.4 Å². The van der Waals surface area contributed by atoms with Crippen LogP contribution < -0.4 is 5.32 Å². The topological polar surface area (TPSA) is 32.3 Å². The van der Waals surface area contributed by atoms with Gasteiger partial charge in [-0.15, -0.1) is 0 Å². The highest BCUT2D eigenvalue weighted by Gasteiger charge is 2.31. The maximum absolute atomic E-state index is 13.5. The molecule has 0 bridgehead atoms. The van der Waals surface area contributed by atoms with Crippen LogP contribution in [0, 0.1) is 6.92 Å². The van der Waals surface area contributed by atoms with Gasteiger partial charge in [0.25, 0.3) is 0 Å². The Morgan fingerprint density at radius 3 is 2.47 bits per heavy atom. The minimum Gasteiger partial charge on any atom is -0.372 e. The number of likely N-dealkylation sites (tertiary alicyclic amines) is 1. The zero-order valence-electron chi connectivity index (χ0n) is 17.2. The molecule has 1 saturated heterocycles. The maximum atomic E-state index is 13.5. The van der Waals surface area contributed by atoms with E-state index in [0.717, 1.165) is 41.2 Å². The van der Waals surface area contributed by atoms with E-state index in [4.69, 9.17) is 11.6 Å². The van der Waals surface area contributed by atoms with Crippen LogP contribution in [0.1, 0.15) is 41.6 Å². The summed E-state index contributed by atoms with van der Waals surface area (Å²) < 4.78 is 0. The Morgan fingerprint density at radius 1 is 1.03 bits per heavy atom.